The number of rotatable bonds is 6. The molecule has 3 rings (SSSR count). The number of methoxy groups -OCH3 is 1. The van der Waals surface area contributed by atoms with Gasteiger partial charge in [0.05, 0.1) is 12.8 Å². The Morgan fingerprint density at radius 1 is 1.30 bits per heavy atom. The monoisotopic (exact) mass is 374 g/mol. The molecule has 1 aromatic rings. The van der Waals surface area contributed by atoms with Crippen molar-refractivity contribution in [3.63, 3.8) is 0 Å². The number of nitrogens with one attached hydrogen (secondary N) is 1. The van der Waals surface area contributed by atoms with E-state index in [1.54, 1.807) is 11.0 Å². The van der Waals surface area contributed by atoms with Gasteiger partial charge in [0.15, 0.2) is 0 Å². The molecule has 0 unspecified atom stereocenters. The summed E-state index contributed by atoms with van der Waals surface area (Å²) >= 11 is 0. The van der Waals surface area contributed by atoms with Crippen LogP contribution in [0.3, 0.4) is 0 Å². The van der Waals surface area contributed by atoms with Crippen molar-refractivity contribution in [2.45, 2.75) is 38.5 Å². The quantitative estimate of drug-likeness (QED) is 0.828. The Bertz CT molecular complexity index is 791. The molecule has 1 aliphatic carbocycles. The van der Waals surface area contributed by atoms with Crippen LogP contribution in [-0.2, 0) is 14.3 Å². The number of piperidine rings is 1. The molecule has 0 radical (unpaired) electrons. The van der Waals surface area contributed by atoms with E-state index in [2.05, 4.69) is 15.3 Å². The molecule has 27 heavy (non-hydrogen) atoms. The molecule has 2 heterocycles. The third-order valence-electron chi connectivity index (χ3n) is 4.68. The summed E-state index contributed by atoms with van der Waals surface area (Å²) in [4.78, 5) is 33.9. The molecule has 1 aromatic heterocycles. The second-order valence-corrected chi connectivity index (χ2v) is 6.56. The van der Waals surface area contributed by atoms with Crippen molar-refractivity contribution in [3.05, 3.63) is 35.7 Å². The van der Waals surface area contributed by atoms with Crippen LogP contribution < -0.4 is 5.32 Å². The van der Waals surface area contributed by atoms with Gasteiger partial charge in [-0.3, -0.25) is 9.59 Å². The number of likely N-dealkylation sites (tertiary alicyclic amines) is 1. The van der Waals surface area contributed by atoms with E-state index < -0.39 is 0 Å². The molecule has 2 amide bonds. The summed E-state index contributed by atoms with van der Waals surface area (Å²) in [5.41, 5.74) is 1.04. The molecule has 1 aliphatic heterocycles. The van der Waals surface area contributed by atoms with Crippen LogP contribution in [0.4, 0.5) is 10.2 Å². The van der Waals surface area contributed by atoms with Crippen molar-refractivity contribution in [3.8, 4) is 0 Å². The highest BCUT2D eigenvalue weighted by atomic mass is 19.1. The Labute approximate surface area is 157 Å². The van der Waals surface area contributed by atoms with Gasteiger partial charge in [0.1, 0.15) is 23.7 Å². The maximum Gasteiger partial charge on any atom is 0.227 e. The number of allylic oxidation sites excluding steroid dienone is 4. The van der Waals surface area contributed by atoms with E-state index in [1.807, 2.05) is 0 Å². The van der Waals surface area contributed by atoms with Crippen LogP contribution in [0.1, 0.15) is 44.2 Å². The number of halogens is 1. The van der Waals surface area contributed by atoms with Crippen LogP contribution in [0.5, 0.6) is 0 Å². The summed E-state index contributed by atoms with van der Waals surface area (Å²) in [6.45, 7) is 1.10. The Morgan fingerprint density at radius 2 is 2.15 bits per heavy atom. The van der Waals surface area contributed by atoms with E-state index in [0.717, 1.165) is 12.8 Å². The molecule has 0 spiro atoms. The van der Waals surface area contributed by atoms with Crippen LogP contribution in [0.25, 0.3) is 5.57 Å². The molecule has 0 saturated carbocycles. The van der Waals surface area contributed by atoms with E-state index in [1.165, 1.54) is 19.5 Å². The van der Waals surface area contributed by atoms with Crippen molar-refractivity contribution >= 4 is 23.2 Å². The lowest BCUT2D eigenvalue weighted by Crippen LogP contribution is -2.37. The molecule has 0 atom stereocenters. The van der Waals surface area contributed by atoms with E-state index in [9.17, 15) is 14.0 Å². The summed E-state index contributed by atoms with van der Waals surface area (Å²) in [6.07, 6.45) is 6.13. The van der Waals surface area contributed by atoms with Gasteiger partial charge in [0.25, 0.3) is 0 Å². The highest BCUT2D eigenvalue weighted by Gasteiger charge is 2.20. The summed E-state index contributed by atoms with van der Waals surface area (Å²) in [5.74, 6) is 0.613. The van der Waals surface area contributed by atoms with Gasteiger partial charge in [-0.25, -0.2) is 14.4 Å². The molecule has 144 valence electrons. The number of hydrogen-bond donors (Lipinski definition) is 1. The van der Waals surface area contributed by atoms with E-state index in [4.69, 9.17) is 4.74 Å². The molecule has 0 aromatic carbocycles. The highest BCUT2D eigenvalue weighted by molar-refractivity contribution is 5.90. The Morgan fingerprint density at radius 3 is 2.93 bits per heavy atom. The Balaban J connectivity index is 1.64. The SMILES string of the molecule is COC1=C(c2cc(NC(=O)CCN3CCCCC3=O)ncn2)C=C(F)CC1. The standard InChI is InChI=1S/C19H23FN4O3/c1-27-16-6-5-13(20)10-14(16)15-11-17(22-12-21-15)23-18(25)7-9-24-8-3-2-4-19(24)26/h10-12H,2-9H2,1H3,(H,21,22,23,25). The van der Waals surface area contributed by atoms with Crippen LogP contribution >= 0.6 is 0 Å². The molecular weight excluding hydrogens is 351 g/mol. The van der Waals surface area contributed by atoms with E-state index >= 15 is 0 Å². The molecule has 1 fully saturated rings. The third-order valence-corrected chi connectivity index (χ3v) is 4.68. The Kier molecular flexibility index (Phi) is 6.16. The fourth-order valence-electron chi connectivity index (χ4n) is 3.22. The van der Waals surface area contributed by atoms with Gasteiger partial charge < -0.3 is 15.0 Å². The van der Waals surface area contributed by atoms with Gasteiger partial charge in [0.2, 0.25) is 11.8 Å². The minimum atomic E-state index is -0.235. The van der Waals surface area contributed by atoms with Crippen molar-refractivity contribution in [2.24, 2.45) is 0 Å². The molecular formula is C19H23FN4O3. The lowest BCUT2D eigenvalue weighted by atomic mass is 10.0. The topological polar surface area (TPSA) is 84.4 Å². The van der Waals surface area contributed by atoms with Crippen molar-refractivity contribution in [2.75, 3.05) is 25.5 Å². The second kappa shape index (κ2) is 8.75. The number of nitrogens with zero attached hydrogens (tertiary/aromatic N) is 3. The number of anilines is 1. The highest BCUT2D eigenvalue weighted by Crippen LogP contribution is 2.31. The molecule has 7 nitrogen and oxygen atoms in total. The average molecular weight is 374 g/mol. The average Bonchev–Trinajstić information content (AvgIpc) is 2.67. The maximum absolute atomic E-state index is 13.7. The number of carbonyl (C=O) groups is 2. The Hall–Kier alpha value is -2.77. The first-order chi connectivity index (χ1) is 13.1. The predicted molar refractivity (Wildman–Crippen MR) is 98.1 cm³/mol. The number of hydrogen-bond acceptors (Lipinski definition) is 5. The first-order valence-corrected chi connectivity index (χ1v) is 9.10. The summed E-state index contributed by atoms with van der Waals surface area (Å²) in [5, 5.41) is 2.71. The zero-order valence-corrected chi connectivity index (χ0v) is 15.3. The van der Waals surface area contributed by atoms with Gasteiger partial charge in [-0.1, -0.05) is 0 Å². The van der Waals surface area contributed by atoms with Crippen LogP contribution in [0.2, 0.25) is 0 Å². The number of aromatic nitrogens is 2. The zero-order valence-electron chi connectivity index (χ0n) is 15.3. The van der Waals surface area contributed by atoms with Gasteiger partial charge in [-0.15, -0.1) is 0 Å². The van der Waals surface area contributed by atoms with Gasteiger partial charge >= 0.3 is 0 Å². The van der Waals surface area contributed by atoms with E-state index in [0.29, 0.717) is 55.2 Å². The van der Waals surface area contributed by atoms with Crippen molar-refractivity contribution < 1.29 is 18.7 Å². The van der Waals surface area contributed by atoms with Crippen LogP contribution in [0.15, 0.2) is 30.1 Å². The predicted octanol–water partition coefficient (Wildman–Crippen LogP) is 2.82. The summed E-state index contributed by atoms with van der Waals surface area (Å²) in [7, 11) is 1.54. The van der Waals surface area contributed by atoms with Crippen LogP contribution in [-0.4, -0.2) is 46.9 Å². The second-order valence-electron chi connectivity index (χ2n) is 6.56. The van der Waals surface area contributed by atoms with Gasteiger partial charge in [-0.05, 0) is 18.9 Å². The fourth-order valence-corrected chi connectivity index (χ4v) is 3.22. The molecule has 0 bridgehead atoms. The minimum Gasteiger partial charge on any atom is -0.500 e. The number of carbonyl (C=O) groups excluding carboxylic acids is 2. The first kappa shape index (κ1) is 19.0. The van der Waals surface area contributed by atoms with Crippen molar-refractivity contribution in [1.29, 1.82) is 0 Å². The maximum atomic E-state index is 13.7. The molecule has 1 N–H and O–H groups in total. The summed E-state index contributed by atoms with van der Waals surface area (Å²) < 4.78 is 19.0. The zero-order chi connectivity index (χ0) is 19.2. The largest absolute Gasteiger partial charge is 0.500 e. The van der Waals surface area contributed by atoms with Crippen molar-refractivity contribution in [1.82, 2.24) is 14.9 Å². The lowest BCUT2D eigenvalue weighted by Gasteiger charge is -2.26. The van der Waals surface area contributed by atoms with Gasteiger partial charge in [0, 0.05) is 50.4 Å². The lowest BCUT2D eigenvalue weighted by molar-refractivity contribution is -0.133. The fraction of sp³-hybridized carbons (Fsp3) is 0.474. The minimum absolute atomic E-state index is 0.100. The first-order valence-electron chi connectivity index (χ1n) is 9.10. The van der Waals surface area contributed by atoms with Crippen LogP contribution in [0, 0.1) is 0 Å². The molecule has 2 aliphatic rings. The molecule has 1 saturated heterocycles. The van der Waals surface area contributed by atoms with E-state index in [-0.39, 0.29) is 24.1 Å². The third kappa shape index (κ3) is 4.90. The van der Waals surface area contributed by atoms with Gasteiger partial charge in [-0.2, -0.15) is 0 Å². The number of amides is 2. The smallest absolute Gasteiger partial charge is 0.227 e. The summed E-state index contributed by atoms with van der Waals surface area (Å²) in [6, 6.07) is 1.59. The number of ether oxygens (including phenoxy) is 1. The molecule has 8 heteroatoms. The normalized spacial score (nSPS) is 17.6.